The van der Waals surface area contributed by atoms with E-state index in [4.69, 9.17) is 4.98 Å². The summed E-state index contributed by atoms with van der Waals surface area (Å²) in [4.78, 5) is 31.7. The average Bonchev–Trinajstić information content (AvgIpc) is 3.18. The molecule has 1 saturated carbocycles. The van der Waals surface area contributed by atoms with E-state index < -0.39 is 0 Å². The number of carbonyl (C=O) groups excluding carboxylic acids is 2. The molecule has 6 nitrogen and oxygen atoms in total. The van der Waals surface area contributed by atoms with E-state index in [2.05, 4.69) is 33.7 Å². The molecule has 0 spiro atoms. The minimum Gasteiger partial charge on any atom is -0.335 e. The van der Waals surface area contributed by atoms with Gasteiger partial charge in [-0.1, -0.05) is 31.4 Å². The molecular weight excluding hydrogens is 384 g/mol. The molecule has 2 aliphatic rings. The lowest BCUT2D eigenvalue weighted by atomic mass is 9.96. The van der Waals surface area contributed by atoms with Crippen molar-refractivity contribution in [1.29, 1.82) is 0 Å². The highest BCUT2D eigenvalue weighted by atomic mass is 32.1. The summed E-state index contributed by atoms with van der Waals surface area (Å²) in [6.45, 7) is 3.58. The summed E-state index contributed by atoms with van der Waals surface area (Å²) in [5.41, 5.74) is 1.08. The van der Waals surface area contributed by atoms with Gasteiger partial charge in [-0.3, -0.25) is 15.0 Å². The first-order valence-corrected chi connectivity index (χ1v) is 11.6. The Balaban J connectivity index is 1.26. The molecule has 1 atom stereocenters. The zero-order chi connectivity index (χ0) is 20.2. The normalized spacial score (nSPS) is 20.4. The number of nitrogens with zero attached hydrogens (tertiary/aromatic N) is 2. The van der Waals surface area contributed by atoms with Gasteiger partial charge in [0.05, 0.1) is 21.3 Å². The third-order valence-corrected chi connectivity index (χ3v) is 7.49. The first-order chi connectivity index (χ1) is 14.1. The Morgan fingerprint density at radius 2 is 1.83 bits per heavy atom. The first-order valence-electron chi connectivity index (χ1n) is 10.8. The highest BCUT2D eigenvalue weighted by molar-refractivity contribution is 7.18. The minimum atomic E-state index is -0.349. The van der Waals surface area contributed by atoms with E-state index in [1.807, 2.05) is 13.0 Å². The zero-order valence-corrected chi connectivity index (χ0v) is 17.8. The van der Waals surface area contributed by atoms with Crippen LogP contribution in [0.4, 0.5) is 4.79 Å². The lowest BCUT2D eigenvalue weighted by molar-refractivity contribution is -0.125. The van der Waals surface area contributed by atoms with Crippen LogP contribution in [0, 0.1) is 0 Å². The van der Waals surface area contributed by atoms with E-state index in [0.29, 0.717) is 5.92 Å². The molecule has 29 heavy (non-hydrogen) atoms. The average molecular weight is 415 g/mol. The highest BCUT2D eigenvalue weighted by Crippen LogP contribution is 2.34. The van der Waals surface area contributed by atoms with Gasteiger partial charge in [0.2, 0.25) is 5.91 Å². The standard InChI is InChI=1S/C22H30N4O2S/c1-15(20(27)25-22(28)23-17-7-3-2-4-8-17)26-13-11-16(12-14-26)21-24-18-9-5-6-10-19(18)29-21/h5-6,9-10,15-17H,2-4,7-8,11-14H2,1H3,(H2,23,25,27,28)/t15-/m1/s1. The fourth-order valence-corrected chi connectivity index (χ4v) is 5.59. The van der Waals surface area contributed by atoms with Crippen molar-refractivity contribution in [2.45, 2.75) is 69.9 Å². The second kappa shape index (κ2) is 9.22. The van der Waals surface area contributed by atoms with Gasteiger partial charge in [0.15, 0.2) is 0 Å². The van der Waals surface area contributed by atoms with Crippen molar-refractivity contribution < 1.29 is 9.59 Å². The maximum Gasteiger partial charge on any atom is 0.321 e. The number of imide groups is 1. The second-order valence-electron chi connectivity index (χ2n) is 8.30. The molecule has 156 valence electrons. The van der Waals surface area contributed by atoms with Crippen molar-refractivity contribution in [3.63, 3.8) is 0 Å². The van der Waals surface area contributed by atoms with Gasteiger partial charge in [-0.05, 0) is 57.8 Å². The van der Waals surface area contributed by atoms with E-state index in [1.165, 1.54) is 16.1 Å². The van der Waals surface area contributed by atoms with Gasteiger partial charge in [0.25, 0.3) is 0 Å². The predicted molar refractivity (Wildman–Crippen MR) is 116 cm³/mol. The number of para-hydroxylation sites is 1. The molecule has 2 fully saturated rings. The lowest BCUT2D eigenvalue weighted by Gasteiger charge is -2.34. The number of piperidine rings is 1. The number of amides is 3. The maximum atomic E-state index is 12.5. The molecule has 3 amide bonds. The molecule has 0 radical (unpaired) electrons. The molecular formula is C22H30N4O2S. The number of thiazole rings is 1. The number of aromatic nitrogens is 1. The Bertz CT molecular complexity index is 820. The van der Waals surface area contributed by atoms with Crippen molar-refractivity contribution in [2.24, 2.45) is 0 Å². The van der Waals surface area contributed by atoms with Crippen LogP contribution in [-0.2, 0) is 4.79 Å². The Morgan fingerprint density at radius 3 is 2.55 bits per heavy atom. The fourth-order valence-electron chi connectivity index (χ4n) is 4.45. The summed E-state index contributed by atoms with van der Waals surface area (Å²) in [5, 5.41) is 6.70. The third kappa shape index (κ3) is 4.95. The monoisotopic (exact) mass is 414 g/mol. The van der Waals surface area contributed by atoms with Gasteiger partial charge in [0.1, 0.15) is 0 Å². The molecule has 1 aromatic carbocycles. The third-order valence-electron chi connectivity index (χ3n) is 6.29. The molecule has 1 aromatic heterocycles. The summed E-state index contributed by atoms with van der Waals surface area (Å²) in [6, 6.07) is 7.82. The number of nitrogens with one attached hydrogen (secondary N) is 2. The molecule has 1 aliphatic carbocycles. The second-order valence-corrected chi connectivity index (χ2v) is 9.37. The van der Waals surface area contributed by atoms with Crippen molar-refractivity contribution in [3.05, 3.63) is 29.3 Å². The van der Waals surface area contributed by atoms with E-state index >= 15 is 0 Å². The van der Waals surface area contributed by atoms with Crippen LogP contribution in [0.1, 0.15) is 62.8 Å². The number of hydrogen-bond donors (Lipinski definition) is 2. The van der Waals surface area contributed by atoms with Gasteiger partial charge in [-0.25, -0.2) is 9.78 Å². The minimum absolute atomic E-state index is 0.205. The first kappa shape index (κ1) is 20.3. The molecule has 2 N–H and O–H groups in total. The molecule has 2 heterocycles. The highest BCUT2D eigenvalue weighted by Gasteiger charge is 2.29. The van der Waals surface area contributed by atoms with Gasteiger partial charge in [-0.15, -0.1) is 11.3 Å². The number of likely N-dealkylation sites (tertiary alicyclic amines) is 1. The quantitative estimate of drug-likeness (QED) is 0.792. The largest absolute Gasteiger partial charge is 0.335 e. The van der Waals surface area contributed by atoms with Crippen LogP contribution in [0.25, 0.3) is 10.2 Å². The molecule has 0 unspecified atom stereocenters. The van der Waals surface area contributed by atoms with Crippen LogP contribution in [0.3, 0.4) is 0 Å². The van der Waals surface area contributed by atoms with E-state index in [-0.39, 0.29) is 24.0 Å². The zero-order valence-electron chi connectivity index (χ0n) is 17.0. The number of rotatable bonds is 4. The Morgan fingerprint density at radius 1 is 1.10 bits per heavy atom. The van der Waals surface area contributed by atoms with Crippen molar-refractivity contribution in [2.75, 3.05) is 13.1 Å². The molecule has 2 aromatic rings. The number of benzene rings is 1. The summed E-state index contributed by atoms with van der Waals surface area (Å²) >= 11 is 1.78. The SMILES string of the molecule is C[C@H](C(=O)NC(=O)NC1CCCCC1)N1CCC(c2nc3ccccc3s2)CC1. The number of urea groups is 1. The van der Waals surface area contributed by atoms with Gasteiger partial charge < -0.3 is 5.32 Å². The topological polar surface area (TPSA) is 74.3 Å². The number of fused-ring (bicyclic) bond motifs is 1. The van der Waals surface area contributed by atoms with Crippen LogP contribution in [0.15, 0.2) is 24.3 Å². The van der Waals surface area contributed by atoms with Gasteiger partial charge >= 0.3 is 6.03 Å². The molecule has 1 aliphatic heterocycles. The molecule has 0 bridgehead atoms. The van der Waals surface area contributed by atoms with E-state index in [0.717, 1.165) is 57.1 Å². The molecule has 4 rings (SSSR count). The van der Waals surface area contributed by atoms with Crippen LogP contribution in [0.5, 0.6) is 0 Å². The Hall–Kier alpha value is -1.99. The van der Waals surface area contributed by atoms with Crippen LogP contribution >= 0.6 is 11.3 Å². The Kier molecular flexibility index (Phi) is 6.45. The summed E-state index contributed by atoms with van der Waals surface area (Å²) < 4.78 is 1.24. The van der Waals surface area contributed by atoms with E-state index in [1.54, 1.807) is 11.3 Å². The predicted octanol–water partition coefficient (Wildman–Crippen LogP) is 4.02. The number of hydrogen-bond acceptors (Lipinski definition) is 5. The van der Waals surface area contributed by atoms with Crippen molar-refractivity contribution in [1.82, 2.24) is 20.5 Å². The van der Waals surface area contributed by atoms with E-state index in [9.17, 15) is 9.59 Å². The molecule has 7 heteroatoms. The fraction of sp³-hybridized carbons (Fsp3) is 0.591. The number of carbonyl (C=O) groups is 2. The van der Waals surface area contributed by atoms with Crippen LogP contribution in [0.2, 0.25) is 0 Å². The van der Waals surface area contributed by atoms with Crippen molar-refractivity contribution >= 4 is 33.5 Å². The van der Waals surface area contributed by atoms with Crippen LogP contribution < -0.4 is 10.6 Å². The Labute approximate surface area is 176 Å². The summed E-state index contributed by atoms with van der Waals surface area (Å²) in [6.07, 6.45) is 7.55. The van der Waals surface area contributed by atoms with Gasteiger partial charge in [0, 0.05) is 12.0 Å². The molecule has 1 saturated heterocycles. The van der Waals surface area contributed by atoms with Crippen LogP contribution in [-0.4, -0.2) is 47.0 Å². The summed E-state index contributed by atoms with van der Waals surface area (Å²) in [5.74, 6) is 0.241. The van der Waals surface area contributed by atoms with Gasteiger partial charge in [-0.2, -0.15) is 0 Å². The van der Waals surface area contributed by atoms with Crippen molar-refractivity contribution in [3.8, 4) is 0 Å². The smallest absolute Gasteiger partial charge is 0.321 e. The lowest BCUT2D eigenvalue weighted by Crippen LogP contribution is -2.52. The maximum absolute atomic E-state index is 12.5. The summed E-state index contributed by atoms with van der Waals surface area (Å²) in [7, 11) is 0.